The van der Waals surface area contributed by atoms with Crippen molar-refractivity contribution in [3.05, 3.63) is 0 Å². The number of nitrogens with one attached hydrogen (secondary N) is 1. The van der Waals surface area contributed by atoms with Gasteiger partial charge in [-0.2, -0.15) is 0 Å². The molecular weight excluding hydrogens is 432 g/mol. The summed E-state index contributed by atoms with van der Waals surface area (Å²) in [6.45, 7) is 5.39. The average Bonchev–Trinajstić information content (AvgIpc) is 3.15. The normalized spacial score (nSPS) is 33.3. The van der Waals surface area contributed by atoms with Gasteiger partial charge < -0.3 is 19.5 Å². The Labute approximate surface area is 180 Å². The average molecular weight is 461 g/mol. The summed E-state index contributed by atoms with van der Waals surface area (Å²) in [4.78, 5) is 51.7. The predicted octanol–water partition coefficient (Wildman–Crippen LogP) is -0.370. The predicted molar refractivity (Wildman–Crippen MR) is 105 cm³/mol. The van der Waals surface area contributed by atoms with Crippen LogP contribution in [0.4, 0.5) is 4.79 Å². The summed E-state index contributed by atoms with van der Waals surface area (Å²) >= 11 is 0. The molecule has 0 unspecified atom stereocenters. The van der Waals surface area contributed by atoms with Crippen LogP contribution in [0, 0.1) is 11.8 Å². The highest BCUT2D eigenvalue weighted by molar-refractivity contribution is 7.92. The van der Waals surface area contributed by atoms with Crippen molar-refractivity contribution < 1.29 is 41.8 Å². The maximum Gasteiger partial charge on any atom is 0.410 e. The first kappa shape index (κ1) is 23.3. The molecule has 0 aromatic heterocycles. The van der Waals surface area contributed by atoms with E-state index in [1.54, 1.807) is 20.8 Å². The third kappa shape index (κ3) is 3.97. The molecule has 0 spiro atoms. The van der Waals surface area contributed by atoms with Crippen LogP contribution in [0.3, 0.4) is 0 Å². The third-order valence-corrected chi connectivity index (χ3v) is 8.19. The van der Waals surface area contributed by atoms with Crippen molar-refractivity contribution in [1.82, 2.24) is 10.2 Å². The number of sulfone groups is 1. The lowest BCUT2D eigenvalue weighted by atomic mass is 9.93. The molecule has 5 atom stereocenters. The van der Waals surface area contributed by atoms with Gasteiger partial charge >= 0.3 is 18.0 Å². The number of carbonyl (C=O) groups is 4. The molecular formula is C19H28N2O9S. The number of likely N-dealkylation sites (tertiary alicyclic amines) is 1. The second kappa shape index (κ2) is 7.64. The molecule has 3 aliphatic rings. The highest BCUT2D eigenvalue weighted by Gasteiger charge is 2.79. The standard InChI is InChI=1S/C19H28N2O9S/c1-18(2,3)30-17(25)21-8-6-7-10(21)14(22)20-19(16(24)29-5)9-31(26,27)13-11(12(13)19)15(23)28-4/h10-13H,6-9H2,1-5H3,(H,20,22)/t10-,11+,12+,13-,19-/m0/s1. The Bertz CT molecular complexity index is 910. The van der Waals surface area contributed by atoms with Gasteiger partial charge in [0.1, 0.15) is 11.6 Å². The first-order chi connectivity index (χ1) is 14.3. The Balaban J connectivity index is 1.87. The molecule has 11 nitrogen and oxygen atoms in total. The summed E-state index contributed by atoms with van der Waals surface area (Å²) in [6, 6.07) is -0.937. The summed E-state index contributed by atoms with van der Waals surface area (Å²) in [5, 5.41) is 1.42. The Morgan fingerprint density at radius 1 is 1.10 bits per heavy atom. The van der Waals surface area contributed by atoms with E-state index in [1.165, 1.54) is 4.90 Å². The van der Waals surface area contributed by atoms with Gasteiger partial charge in [0.15, 0.2) is 15.4 Å². The highest BCUT2D eigenvalue weighted by Crippen LogP contribution is 2.58. The summed E-state index contributed by atoms with van der Waals surface area (Å²) in [7, 11) is -1.66. The zero-order valence-electron chi connectivity index (χ0n) is 18.2. The topological polar surface area (TPSA) is 145 Å². The molecule has 0 aromatic rings. The van der Waals surface area contributed by atoms with E-state index >= 15 is 0 Å². The van der Waals surface area contributed by atoms with Crippen molar-refractivity contribution in [3.8, 4) is 0 Å². The van der Waals surface area contributed by atoms with Crippen LogP contribution in [-0.4, -0.2) is 86.2 Å². The Kier molecular flexibility index (Phi) is 5.74. The van der Waals surface area contributed by atoms with E-state index in [0.29, 0.717) is 12.8 Å². The van der Waals surface area contributed by atoms with E-state index < -0.39 is 73.8 Å². The van der Waals surface area contributed by atoms with E-state index in [4.69, 9.17) is 9.47 Å². The van der Waals surface area contributed by atoms with Gasteiger partial charge in [-0.15, -0.1) is 0 Å². The van der Waals surface area contributed by atoms with E-state index in [1.807, 2.05) is 0 Å². The van der Waals surface area contributed by atoms with Crippen molar-refractivity contribution in [2.75, 3.05) is 26.5 Å². The molecule has 1 N–H and O–H groups in total. The largest absolute Gasteiger partial charge is 0.469 e. The fraction of sp³-hybridized carbons (Fsp3) is 0.789. The fourth-order valence-corrected chi connectivity index (χ4v) is 7.37. The molecule has 0 aromatic carbocycles. The minimum atomic E-state index is -3.86. The fourth-order valence-electron chi connectivity index (χ4n) is 4.67. The highest BCUT2D eigenvalue weighted by atomic mass is 32.2. The summed E-state index contributed by atoms with van der Waals surface area (Å²) in [6.07, 6.45) is 0.189. The molecule has 2 aliphatic heterocycles. The Morgan fingerprint density at radius 2 is 1.74 bits per heavy atom. The number of amides is 2. The van der Waals surface area contributed by atoms with Gasteiger partial charge in [0, 0.05) is 12.5 Å². The number of hydrogen-bond acceptors (Lipinski definition) is 9. The molecule has 3 fully saturated rings. The maximum atomic E-state index is 13.1. The maximum absolute atomic E-state index is 13.1. The van der Waals surface area contributed by atoms with Gasteiger partial charge in [-0.1, -0.05) is 0 Å². The van der Waals surface area contributed by atoms with E-state index in [9.17, 15) is 27.6 Å². The van der Waals surface area contributed by atoms with Gasteiger partial charge in [-0.3, -0.25) is 14.5 Å². The van der Waals surface area contributed by atoms with Crippen LogP contribution in [-0.2, 0) is 38.4 Å². The first-order valence-corrected chi connectivity index (χ1v) is 11.7. The van der Waals surface area contributed by atoms with Gasteiger partial charge in [-0.05, 0) is 33.6 Å². The minimum absolute atomic E-state index is 0.285. The van der Waals surface area contributed by atoms with Crippen molar-refractivity contribution >= 4 is 33.8 Å². The van der Waals surface area contributed by atoms with Crippen LogP contribution in [0.15, 0.2) is 0 Å². The smallest absolute Gasteiger partial charge is 0.410 e. The molecule has 174 valence electrons. The molecule has 1 aliphatic carbocycles. The molecule has 0 bridgehead atoms. The number of methoxy groups -OCH3 is 2. The lowest BCUT2D eigenvalue weighted by molar-refractivity contribution is -0.152. The minimum Gasteiger partial charge on any atom is -0.469 e. The van der Waals surface area contributed by atoms with Gasteiger partial charge in [0.2, 0.25) is 5.91 Å². The number of rotatable bonds is 4. The van der Waals surface area contributed by atoms with Crippen LogP contribution < -0.4 is 5.32 Å². The molecule has 3 rings (SSSR count). The molecule has 31 heavy (non-hydrogen) atoms. The third-order valence-electron chi connectivity index (χ3n) is 5.92. The van der Waals surface area contributed by atoms with Crippen molar-refractivity contribution in [1.29, 1.82) is 0 Å². The van der Waals surface area contributed by atoms with Crippen LogP contribution in [0.1, 0.15) is 33.6 Å². The Hall–Kier alpha value is -2.37. The van der Waals surface area contributed by atoms with Crippen molar-refractivity contribution in [3.63, 3.8) is 0 Å². The quantitative estimate of drug-likeness (QED) is 0.438. The number of nitrogens with zero attached hydrogens (tertiary/aromatic N) is 1. The molecule has 2 saturated heterocycles. The lowest BCUT2D eigenvalue weighted by Crippen LogP contribution is -2.62. The zero-order valence-corrected chi connectivity index (χ0v) is 19.0. The summed E-state index contributed by atoms with van der Waals surface area (Å²) in [5.41, 5.74) is -2.68. The van der Waals surface area contributed by atoms with Crippen molar-refractivity contribution in [2.24, 2.45) is 11.8 Å². The SMILES string of the molecule is COC(=O)[C@@H]1[C@@H]2[C@H]1S(=O)(=O)C[C@@]2(NC(=O)[C@@H]1CCCN1C(=O)OC(C)(C)C)C(=O)OC. The van der Waals surface area contributed by atoms with Crippen LogP contribution in [0.5, 0.6) is 0 Å². The molecule has 12 heteroatoms. The molecule has 2 amide bonds. The Morgan fingerprint density at radius 3 is 2.29 bits per heavy atom. The van der Waals surface area contributed by atoms with Crippen LogP contribution >= 0.6 is 0 Å². The number of carbonyl (C=O) groups excluding carboxylic acids is 4. The number of hydrogen-bond donors (Lipinski definition) is 1. The van der Waals surface area contributed by atoms with E-state index in [-0.39, 0.29) is 6.54 Å². The summed E-state index contributed by atoms with van der Waals surface area (Å²) in [5.74, 6) is -5.14. The first-order valence-electron chi connectivity index (χ1n) is 9.98. The number of ether oxygens (including phenoxy) is 3. The second-order valence-electron chi connectivity index (χ2n) is 9.13. The van der Waals surface area contributed by atoms with Crippen molar-refractivity contribution in [2.45, 2.75) is 56.0 Å². The molecule has 1 saturated carbocycles. The monoisotopic (exact) mass is 460 g/mol. The van der Waals surface area contributed by atoms with E-state index in [2.05, 4.69) is 10.1 Å². The molecule has 0 radical (unpaired) electrons. The van der Waals surface area contributed by atoms with Crippen LogP contribution in [0.25, 0.3) is 0 Å². The van der Waals surface area contributed by atoms with Gasteiger partial charge in [-0.25, -0.2) is 18.0 Å². The van der Waals surface area contributed by atoms with E-state index in [0.717, 1.165) is 14.2 Å². The van der Waals surface area contributed by atoms with Gasteiger partial charge in [0.05, 0.1) is 31.1 Å². The zero-order chi connectivity index (χ0) is 23.4. The van der Waals surface area contributed by atoms with Gasteiger partial charge in [0.25, 0.3) is 0 Å². The summed E-state index contributed by atoms with van der Waals surface area (Å²) < 4.78 is 40.1. The number of fused-ring (bicyclic) bond motifs is 1. The molecule has 2 heterocycles. The number of esters is 2. The lowest BCUT2D eigenvalue weighted by Gasteiger charge is -2.33. The second-order valence-corrected chi connectivity index (χ2v) is 11.3. The van der Waals surface area contributed by atoms with Crippen LogP contribution in [0.2, 0.25) is 0 Å².